The summed E-state index contributed by atoms with van der Waals surface area (Å²) in [4.78, 5) is 6.84. The van der Waals surface area contributed by atoms with Crippen molar-refractivity contribution in [2.24, 2.45) is 0 Å². The summed E-state index contributed by atoms with van der Waals surface area (Å²) in [7, 11) is 2.22. The zero-order valence-corrected chi connectivity index (χ0v) is 12.0. The molecule has 0 saturated heterocycles. The fourth-order valence-corrected chi connectivity index (χ4v) is 2.14. The lowest BCUT2D eigenvalue weighted by Crippen LogP contribution is -2.41. The minimum atomic E-state index is 0.638. The summed E-state index contributed by atoms with van der Waals surface area (Å²) < 4.78 is 0. The number of nitrogens with zero attached hydrogens (tertiary/aromatic N) is 2. The van der Waals surface area contributed by atoms with Crippen molar-refractivity contribution >= 4 is 0 Å². The van der Waals surface area contributed by atoms with Gasteiger partial charge in [-0.15, -0.1) is 0 Å². The molecule has 1 unspecified atom stereocenters. The topological polar surface area (TPSA) is 28.2 Å². The van der Waals surface area contributed by atoms with Crippen LogP contribution in [0, 0.1) is 0 Å². The normalized spacial score (nSPS) is 12.9. The highest BCUT2D eigenvalue weighted by atomic mass is 15.1. The van der Waals surface area contributed by atoms with E-state index < -0.39 is 0 Å². The summed E-state index contributed by atoms with van der Waals surface area (Å²) in [5.41, 5.74) is 1.18. The Bertz CT molecular complexity index is 300. The van der Waals surface area contributed by atoms with E-state index in [9.17, 15) is 0 Å². The van der Waals surface area contributed by atoms with Gasteiger partial charge >= 0.3 is 0 Å². The molecule has 1 aromatic rings. The Balaban J connectivity index is 2.38. The molecule has 1 aromatic heterocycles. The average molecular weight is 249 g/mol. The molecular formula is C15H27N3. The molecule has 0 fully saturated rings. The van der Waals surface area contributed by atoms with Gasteiger partial charge < -0.3 is 10.2 Å². The summed E-state index contributed by atoms with van der Waals surface area (Å²) >= 11 is 0. The van der Waals surface area contributed by atoms with Crippen molar-refractivity contribution in [1.29, 1.82) is 0 Å². The first-order chi connectivity index (χ1) is 8.77. The quantitative estimate of drug-likeness (QED) is 0.728. The van der Waals surface area contributed by atoms with Gasteiger partial charge in [0.1, 0.15) is 0 Å². The van der Waals surface area contributed by atoms with E-state index in [-0.39, 0.29) is 0 Å². The molecule has 18 heavy (non-hydrogen) atoms. The van der Waals surface area contributed by atoms with Crippen molar-refractivity contribution in [2.45, 2.75) is 39.2 Å². The van der Waals surface area contributed by atoms with Gasteiger partial charge in [0.15, 0.2) is 0 Å². The van der Waals surface area contributed by atoms with Gasteiger partial charge in [0.2, 0.25) is 0 Å². The van der Waals surface area contributed by atoms with Gasteiger partial charge in [-0.25, -0.2) is 0 Å². The van der Waals surface area contributed by atoms with Crippen LogP contribution in [0.1, 0.15) is 32.4 Å². The summed E-state index contributed by atoms with van der Waals surface area (Å²) in [5.74, 6) is 0. The van der Waals surface area contributed by atoms with E-state index in [4.69, 9.17) is 0 Å². The predicted molar refractivity (Wildman–Crippen MR) is 77.8 cm³/mol. The highest BCUT2D eigenvalue weighted by molar-refractivity contribution is 5.03. The lowest BCUT2D eigenvalue weighted by atomic mass is 10.1. The van der Waals surface area contributed by atoms with Crippen molar-refractivity contribution in [2.75, 3.05) is 26.7 Å². The Labute approximate surface area is 112 Å². The molecule has 0 radical (unpaired) electrons. The van der Waals surface area contributed by atoms with Crippen molar-refractivity contribution < 1.29 is 0 Å². The largest absolute Gasteiger partial charge is 0.315 e. The van der Waals surface area contributed by atoms with E-state index >= 15 is 0 Å². The maximum atomic E-state index is 4.38. The number of pyridine rings is 1. The fourth-order valence-electron chi connectivity index (χ4n) is 2.14. The van der Waals surface area contributed by atoms with Gasteiger partial charge in [0.25, 0.3) is 0 Å². The molecule has 0 aliphatic rings. The van der Waals surface area contributed by atoms with Crippen molar-refractivity contribution in [3.8, 4) is 0 Å². The molecule has 102 valence electrons. The number of rotatable bonds is 9. The van der Waals surface area contributed by atoms with Crippen LogP contribution in [-0.4, -0.2) is 42.6 Å². The Morgan fingerprint density at radius 2 is 2.17 bits per heavy atom. The van der Waals surface area contributed by atoms with Crippen LogP contribution in [0.25, 0.3) is 0 Å². The smallest absolute Gasteiger partial charge is 0.0416 e. The van der Waals surface area contributed by atoms with Crippen LogP contribution in [0.3, 0.4) is 0 Å². The van der Waals surface area contributed by atoms with Crippen molar-refractivity contribution in [3.05, 3.63) is 30.1 Å². The first-order valence-electron chi connectivity index (χ1n) is 7.08. The third kappa shape index (κ3) is 5.61. The van der Waals surface area contributed by atoms with Crippen molar-refractivity contribution in [1.82, 2.24) is 15.2 Å². The van der Waals surface area contributed by atoms with Crippen LogP contribution in [0.2, 0.25) is 0 Å². The molecule has 1 rings (SSSR count). The van der Waals surface area contributed by atoms with E-state index in [1.807, 2.05) is 12.3 Å². The molecule has 0 aliphatic heterocycles. The molecule has 0 saturated carbocycles. The fraction of sp³-hybridized carbons (Fsp3) is 0.667. The Kier molecular flexibility index (Phi) is 7.62. The molecule has 1 N–H and O–H groups in total. The van der Waals surface area contributed by atoms with Gasteiger partial charge in [-0.3, -0.25) is 4.98 Å². The number of aromatic nitrogens is 1. The Morgan fingerprint density at radius 3 is 2.78 bits per heavy atom. The van der Waals surface area contributed by atoms with Gasteiger partial charge in [-0.2, -0.15) is 0 Å². The third-order valence-corrected chi connectivity index (χ3v) is 3.32. The molecule has 0 amide bonds. The molecule has 0 aliphatic carbocycles. The SMILES string of the molecule is CCCC(CNCC)N(C)CCc1ccccn1. The average Bonchev–Trinajstić information content (AvgIpc) is 2.42. The molecule has 0 spiro atoms. The highest BCUT2D eigenvalue weighted by Gasteiger charge is 2.12. The lowest BCUT2D eigenvalue weighted by Gasteiger charge is -2.28. The molecule has 3 heteroatoms. The molecular weight excluding hydrogens is 222 g/mol. The Hall–Kier alpha value is -0.930. The summed E-state index contributed by atoms with van der Waals surface area (Å²) in [6.45, 7) is 7.63. The number of hydrogen-bond donors (Lipinski definition) is 1. The zero-order chi connectivity index (χ0) is 13.2. The van der Waals surface area contributed by atoms with E-state index in [2.05, 4.69) is 48.2 Å². The Morgan fingerprint density at radius 1 is 1.33 bits per heavy atom. The standard InChI is InChI=1S/C15H27N3/c1-4-8-15(13-16-5-2)18(3)12-10-14-9-6-7-11-17-14/h6-7,9,11,15-16H,4-5,8,10,12-13H2,1-3H3. The maximum Gasteiger partial charge on any atom is 0.0416 e. The summed E-state index contributed by atoms with van der Waals surface area (Å²) in [6, 6.07) is 6.77. The number of hydrogen-bond acceptors (Lipinski definition) is 3. The van der Waals surface area contributed by atoms with E-state index in [0.717, 1.165) is 26.1 Å². The van der Waals surface area contributed by atoms with Gasteiger partial charge in [0, 0.05) is 37.4 Å². The second kappa shape index (κ2) is 9.06. The van der Waals surface area contributed by atoms with Crippen LogP contribution in [-0.2, 0) is 6.42 Å². The highest BCUT2D eigenvalue weighted by Crippen LogP contribution is 2.06. The first-order valence-corrected chi connectivity index (χ1v) is 7.08. The number of nitrogens with one attached hydrogen (secondary N) is 1. The van der Waals surface area contributed by atoms with Gasteiger partial charge in [-0.05, 0) is 32.1 Å². The van der Waals surface area contributed by atoms with Crippen LogP contribution in [0.5, 0.6) is 0 Å². The minimum Gasteiger partial charge on any atom is -0.315 e. The molecule has 1 heterocycles. The summed E-state index contributed by atoms with van der Waals surface area (Å²) in [5, 5.41) is 3.45. The van der Waals surface area contributed by atoms with Crippen LogP contribution in [0.4, 0.5) is 0 Å². The van der Waals surface area contributed by atoms with Crippen molar-refractivity contribution in [3.63, 3.8) is 0 Å². The van der Waals surface area contributed by atoms with E-state index in [0.29, 0.717) is 6.04 Å². The third-order valence-electron chi connectivity index (χ3n) is 3.32. The van der Waals surface area contributed by atoms with E-state index in [1.54, 1.807) is 0 Å². The van der Waals surface area contributed by atoms with Crippen LogP contribution >= 0.6 is 0 Å². The van der Waals surface area contributed by atoms with Crippen LogP contribution < -0.4 is 5.32 Å². The lowest BCUT2D eigenvalue weighted by molar-refractivity contribution is 0.225. The second-order valence-electron chi connectivity index (χ2n) is 4.80. The zero-order valence-electron chi connectivity index (χ0n) is 12.0. The minimum absolute atomic E-state index is 0.638. The van der Waals surface area contributed by atoms with Gasteiger partial charge in [0.05, 0.1) is 0 Å². The number of likely N-dealkylation sites (N-methyl/N-ethyl adjacent to an activating group) is 2. The van der Waals surface area contributed by atoms with E-state index in [1.165, 1.54) is 18.5 Å². The monoisotopic (exact) mass is 249 g/mol. The molecule has 3 nitrogen and oxygen atoms in total. The first kappa shape index (κ1) is 15.1. The maximum absolute atomic E-state index is 4.38. The second-order valence-corrected chi connectivity index (χ2v) is 4.80. The summed E-state index contributed by atoms with van der Waals surface area (Å²) in [6.07, 6.45) is 5.40. The molecule has 0 bridgehead atoms. The molecule has 0 aromatic carbocycles. The van der Waals surface area contributed by atoms with Crippen LogP contribution in [0.15, 0.2) is 24.4 Å². The van der Waals surface area contributed by atoms with Gasteiger partial charge in [-0.1, -0.05) is 26.3 Å². The molecule has 1 atom stereocenters. The predicted octanol–water partition coefficient (Wildman–Crippen LogP) is 2.33.